The van der Waals surface area contributed by atoms with E-state index >= 15 is 0 Å². The van der Waals surface area contributed by atoms with Gasteiger partial charge in [-0.2, -0.15) is 16.4 Å². The van der Waals surface area contributed by atoms with Crippen LogP contribution < -0.4 is 5.32 Å². The van der Waals surface area contributed by atoms with E-state index in [4.69, 9.17) is 0 Å². The van der Waals surface area contributed by atoms with Crippen molar-refractivity contribution < 1.29 is 0 Å². The number of nitrogens with zero attached hydrogens (tertiary/aromatic N) is 2. The number of nitrogens with one attached hydrogen (secondary N) is 1. The quantitative estimate of drug-likeness (QED) is 0.838. The fourth-order valence-electron chi connectivity index (χ4n) is 2.45. The van der Waals surface area contributed by atoms with Gasteiger partial charge in [0.05, 0.1) is 11.4 Å². The van der Waals surface area contributed by atoms with Crippen molar-refractivity contribution in [2.75, 3.05) is 6.54 Å². The maximum atomic E-state index is 4.56. The van der Waals surface area contributed by atoms with Gasteiger partial charge in [0.25, 0.3) is 0 Å². The van der Waals surface area contributed by atoms with Gasteiger partial charge in [0.2, 0.25) is 0 Å². The second kappa shape index (κ2) is 6.87. The Morgan fingerprint density at radius 2 is 2.26 bits per heavy atom. The first-order valence-corrected chi connectivity index (χ1v) is 7.97. The van der Waals surface area contributed by atoms with Gasteiger partial charge in [-0.1, -0.05) is 6.92 Å². The predicted molar refractivity (Wildman–Crippen MR) is 81.7 cm³/mol. The summed E-state index contributed by atoms with van der Waals surface area (Å²) in [6, 6.07) is 4.83. The highest BCUT2D eigenvalue weighted by molar-refractivity contribution is 7.07. The van der Waals surface area contributed by atoms with Gasteiger partial charge in [-0.15, -0.1) is 0 Å². The lowest BCUT2D eigenvalue weighted by molar-refractivity contribution is 0.467. The summed E-state index contributed by atoms with van der Waals surface area (Å²) in [6.45, 7) is 8.30. The number of hydrogen-bond donors (Lipinski definition) is 1. The summed E-state index contributed by atoms with van der Waals surface area (Å²) in [6.07, 6.45) is 2.24. The van der Waals surface area contributed by atoms with E-state index < -0.39 is 0 Å². The van der Waals surface area contributed by atoms with Crippen LogP contribution in [0.5, 0.6) is 0 Å². The standard InChI is InChI=1S/C15H23N3S/c1-4-16-14(7-6-13-8-9-19-11-13)15-10-12(3)17-18(15)5-2/h8-11,14,16H,4-7H2,1-3H3. The third kappa shape index (κ3) is 3.67. The van der Waals surface area contributed by atoms with Crippen molar-refractivity contribution in [1.82, 2.24) is 15.1 Å². The molecule has 0 saturated carbocycles. The Hall–Kier alpha value is -1.13. The zero-order valence-electron chi connectivity index (χ0n) is 12.0. The van der Waals surface area contributed by atoms with E-state index in [2.05, 4.69) is 58.8 Å². The molecule has 0 radical (unpaired) electrons. The van der Waals surface area contributed by atoms with Crippen molar-refractivity contribution in [3.8, 4) is 0 Å². The molecule has 0 aliphatic carbocycles. The lowest BCUT2D eigenvalue weighted by Crippen LogP contribution is -2.24. The zero-order chi connectivity index (χ0) is 13.7. The molecule has 2 aromatic rings. The van der Waals surface area contributed by atoms with Gasteiger partial charge in [0.15, 0.2) is 0 Å². The largest absolute Gasteiger partial charge is 0.309 e. The first-order chi connectivity index (χ1) is 9.24. The van der Waals surface area contributed by atoms with Crippen LogP contribution in [-0.2, 0) is 13.0 Å². The van der Waals surface area contributed by atoms with Crippen molar-refractivity contribution in [2.24, 2.45) is 0 Å². The molecule has 0 aromatic carbocycles. The molecule has 2 rings (SSSR count). The van der Waals surface area contributed by atoms with E-state index in [0.717, 1.165) is 31.6 Å². The highest BCUT2D eigenvalue weighted by Crippen LogP contribution is 2.21. The Morgan fingerprint density at radius 3 is 2.89 bits per heavy atom. The molecule has 0 saturated heterocycles. The molecule has 0 bridgehead atoms. The summed E-state index contributed by atoms with van der Waals surface area (Å²) in [5.41, 5.74) is 3.86. The molecule has 0 aliphatic rings. The maximum Gasteiger partial charge on any atom is 0.0597 e. The van der Waals surface area contributed by atoms with Crippen LogP contribution in [0.15, 0.2) is 22.9 Å². The first-order valence-electron chi connectivity index (χ1n) is 7.03. The predicted octanol–water partition coefficient (Wildman–Crippen LogP) is 3.56. The molecule has 1 N–H and O–H groups in total. The minimum atomic E-state index is 0.394. The molecule has 3 nitrogen and oxygen atoms in total. The van der Waals surface area contributed by atoms with Gasteiger partial charge in [0, 0.05) is 12.6 Å². The van der Waals surface area contributed by atoms with Gasteiger partial charge in [-0.05, 0) is 61.7 Å². The van der Waals surface area contributed by atoms with E-state index in [-0.39, 0.29) is 0 Å². The second-order valence-corrected chi connectivity index (χ2v) is 5.59. The van der Waals surface area contributed by atoms with Crippen LogP contribution in [0.2, 0.25) is 0 Å². The van der Waals surface area contributed by atoms with Crippen LogP contribution in [0, 0.1) is 6.92 Å². The van der Waals surface area contributed by atoms with E-state index in [1.807, 2.05) is 0 Å². The minimum absolute atomic E-state index is 0.394. The number of hydrogen-bond acceptors (Lipinski definition) is 3. The van der Waals surface area contributed by atoms with E-state index in [1.54, 1.807) is 11.3 Å². The Balaban J connectivity index is 2.09. The van der Waals surface area contributed by atoms with Crippen molar-refractivity contribution in [3.05, 3.63) is 39.8 Å². The monoisotopic (exact) mass is 277 g/mol. The Bertz CT molecular complexity index is 487. The molecule has 4 heteroatoms. The molecule has 0 fully saturated rings. The number of aromatic nitrogens is 2. The van der Waals surface area contributed by atoms with Crippen molar-refractivity contribution >= 4 is 11.3 Å². The minimum Gasteiger partial charge on any atom is -0.309 e. The van der Waals surface area contributed by atoms with Crippen LogP contribution in [-0.4, -0.2) is 16.3 Å². The normalized spacial score (nSPS) is 12.8. The summed E-state index contributed by atoms with van der Waals surface area (Å²) in [7, 11) is 0. The Labute approximate surface area is 119 Å². The molecule has 0 aliphatic heterocycles. The summed E-state index contributed by atoms with van der Waals surface area (Å²) in [5, 5.41) is 12.5. The molecule has 19 heavy (non-hydrogen) atoms. The summed E-state index contributed by atoms with van der Waals surface area (Å²) >= 11 is 1.77. The summed E-state index contributed by atoms with van der Waals surface area (Å²) in [4.78, 5) is 0. The van der Waals surface area contributed by atoms with Crippen molar-refractivity contribution in [1.29, 1.82) is 0 Å². The molecule has 1 atom stereocenters. The van der Waals surface area contributed by atoms with Crippen molar-refractivity contribution in [3.63, 3.8) is 0 Å². The highest BCUT2D eigenvalue weighted by atomic mass is 32.1. The molecular formula is C15H23N3S. The van der Waals surface area contributed by atoms with Gasteiger partial charge in [-0.25, -0.2) is 0 Å². The number of thiophene rings is 1. The third-order valence-corrected chi connectivity index (χ3v) is 4.07. The van der Waals surface area contributed by atoms with Gasteiger partial charge in [0.1, 0.15) is 0 Å². The smallest absolute Gasteiger partial charge is 0.0597 e. The molecular weight excluding hydrogens is 254 g/mol. The Kier molecular flexibility index (Phi) is 5.16. The lowest BCUT2D eigenvalue weighted by atomic mass is 10.0. The zero-order valence-corrected chi connectivity index (χ0v) is 12.8. The average molecular weight is 277 g/mol. The lowest BCUT2D eigenvalue weighted by Gasteiger charge is -2.18. The Morgan fingerprint density at radius 1 is 1.42 bits per heavy atom. The van der Waals surface area contributed by atoms with Crippen LogP contribution >= 0.6 is 11.3 Å². The van der Waals surface area contributed by atoms with Gasteiger partial charge < -0.3 is 5.32 Å². The molecule has 1 unspecified atom stereocenters. The summed E-state index contributed by atoms with van der Waals surface area (Å²) in [5.74, 6) is 0. The van der Waals surface area contributed by atoms with E-state index in [0.29, 0.717) is 6.04 Å². The molecule has 0 amide bonds. The van der Waals surface area contributed by atoms with Crippen LogP contribution in [0.4, 0.5) is 0 Å². The highest BCUT2D eigenvalue weighted by Gasteiger charge is 2.16. The van der Waals surface area contributed by atoms with E-state index in [9.17, 15) is 0 Å². The first kappa shape index (κ1) is 14.3. The molecule has 104 valence electrons. The van der Waals surface area contributed by atoms with Crippen LogP contribution in [0.25, 0.3) is 0 Å². The molecule has 2 heterocycles. The topological polar surface area (TPSA) is 29.9 Å². The van der Waals surface area contributed by atoms with E-state index in [1.165, 1.54) is 11.3 Å². The number of rotatable bonds is 7. The molecule has 0 spiro atoms. The summed E-state index contributed by atoms with van der Waals surface area (Å²) < 4.78 is 2.12. The number of aryl methyl sites for hydroxylation is 3. The average Bonchev–Trinajstić information content (AvgIpc) is 3.03. The SMILES string of the molecule is CCNC(CCc1ccsc1)c1cc(C)nn1CC. The van der Waals surface area contributed by atoms with Crippen LogP contribution in [0.1, 0.15) is 43.3 Å². The van der Waals surface area contributed by atoms with Gasteiger partial charge in [-0.3, -0.25) is 4.68 Å². The van der Waals surface area contributed by atoms with Gasteiger partial charge >= 0.3 is 0 Å². The fourth-order valence-corrected chi connectivity index (χ4v) is 3.15. The maximum absolute atomic E-state index is 4.56. The molecule has 2 aromatic heterocycles. The second-order valence-electron chi connectivity index (χ2n) is 4.81. The third-order valence-electron chi connectivity index (χ3n) is 3.34. The van der Waals surface area contributed by atoms with Crippen LogP contribution in [0.3, 0.4) is 0 Å². The van der Waals surface area contributed by atoms with Crippen molar-refractivity contribution in [2.45, 2.75) is 46.2 Å². The fraction of sp³-hybridized carbons (Fsp3) is 0.533.